The van der Waals surface area contributed by atoms with Gasteiger partial charge in [-0.3, -0.25) is 9.39 Å². The summed E-state index contributed by atoms with van der Waals surface area (Å²) in [5.41, 5.74) is 3.50. The van der Waals surface area contributed by atoms with Crippen molar-refractivity contribution in [3.63, 3.8) is 0 Å². The van der Waals surface area contributed by atoms with E-state index in [-0.39, 0.29) is 6.04 Å². The van der Waals surface area contributed by atoms with Crippen LogP contribution in [0.4, 0.5) is 5.69 Å². The summed E-state index contributed by atoms with van der Waals surface area (Å²) in [6, 6.07) is 15.0. The molecule has 1 unspecified atom stereocenters. The summed E-state index contributed by atoms with van der Waals surface area (Å²) in [5.74, 6) is 1.84. The lowest BCUT2D eigenvalue weighted by Crippen LogP contribution is -2.38. The summed E-state index contributed by atoms with van der Waals surface area (Å²) in [5, 5.41) is 15.5. The highest BCUT2D eigenvalue weighted by Gasteiger charge is 2.14. The molecule has 0 amide bonds. The fourth-order valence-electron chi connectivity index (χ4n) is 4.06. The Hall–Kier alpha value is -3.09. The van der Waals surface area contributed by atoms with Crippen LogP contribution in [-0.2, 0) is 6.42 Å². The number of aromatic nitrogens is 3. The van der Waals surface area contributed by atoms with Gasteiger partial charge in [-0.25, -0.2) is 0 Å². The minimum atomic E-state index is 0.181. The molecule has 1 aliphatic rings. The van der Waals surface area contributed by atoms with E-state index in [9.17, 15) is 0 Å². The Balaban J connectivity index is 1.34. The van der Waals surface area contributed by atoms with Gasteiger partial charge in [-0.05, 0) is 62.9 Å². The normalized spacial score (nSPS) is 15.4. The van der Waals surface area contributed by atoms with Crippen molar-refractivity contribution in [2.45, 2.75) is 45.6 Å². The number of fused-ring (bicyclic) bond motifs is 1. The lowest BCUT2D eigenvalue weighted by Gasteiger charge is -2.22. The summed E-state index contributed by atoms with van der Waals surface area (Å²) in [7, 11) is 0. The topological polar surface area (TPSA) is 69.8 Å². The third-order valence-electron chi connectivity index (χ3n) is 5.75. The Morgan fingerprint density at radius 3 is 2.84 bits per heavy atom. The minimum absolute atomic E-state index is 0.181. The zero-order valence-corrected chi connectivity index (χ0v) is 18.6. The summed E-state index contributed by atoms with van der Waals surface area (Å²) in [6.07, 6.45) is 6.36. The van der Waals surface area contributed by atoms with Gasteiger partial charge in [0.1, 0.15) is 5.82 Å². The van der Waals surface area contributed by atoms with Crippen LogP contribution in [0.15, 0.2) is 53.7 Å². The molecule has 3 heterocycles. The number of hydrogen-bond acceptors (Lipinski definition) is 4. The largest absolute Gasteiger partial charge is 0.372 e. The highest BCUT2D eigenvalue weighted by molar-refractivity contribution is 5.80. The number of nitrogens with one attached hydrogen (secondary N) is 2. The van der Waals surface area contributed by atoms with Gasteiger partial charge in [0, 0.05) is 44.5 Å². The SMILES string of the molecule is CCNC(=NCCCc1nnc2ccccn12)NC(C)c1cccc(N2CCCC2)c1. The molecule has 2 aromatic heterocycles. The van der Waals surface area contributed by atoms with E-state index in [1.165, 1.54) is 24.1 Å². The second-order valence-corrected chi connectivity index (χ2v) is 8.06. The van der Waals surface area contributed by atoms with Gasteiger partial charge >= 0.3 is 0 Å². The number of anilines is 1. The van der Waals surface area contributed by atoms with Gasteiger partial charge in [0.25, 0.3) is 0 Å². The van der Waals surface area contributed by atoms with Crippen LogP contribution < -0.4 is 15.5 Å². The Morgan fingerprint density at radius 1 is 1.13 bits per heavy atom. The average molecular weight is 420 g/mol. The van der Waals surface area contributed by atoms with Crippen LogP contribution in [0.3, 0.4) is 0 Å². The number of aliphatic imine (C=N–C) groups is 1. The van der Waals surface area contributed by atoms with Gasteiger partial charge in [-0.15, -0.1) is 10.2 Å². The van der Waals surface area contributed by atoms with E-state index < -0.39 is 0 Å². The molecular formula is C24H33N7. The molecule has 7 nitrogen and oxygen atoms in total. The van der Waals surface area contributed by atoms with E-state index >= 15 is 0 Å². The molecule has 31 heavy (non-hydrogen) atoms. The van der Waals surface area contributed by atoms with Crippen molar-refractivity contribution in [3.05, 3.63) is 60.0 Å². The molecule has 7 heteroatoms. The van der Waals surface area contributed by atoms with Crippen molar-refractivity contribution in [2.75, 3.05) is 31.1 Å². The van der Waals surface area contributed by atoms with E-state index in [0.717, 1.165) is 56.5 Å². The fraction of sp³-hybridized carbons (Fsp3) is 0.458. The molecule has 1 fully saturated rings. The smallest absolute Gasteiger partial charge is 0.191 e. The maximum absolute atomic E-state index is 4.78. The molecule has 0 radical (unpaired) electrons. The van der Waals surface area contributed by atoms with Crippen molar-refractivity contribution >= 4 is 17.3 Å². The molecule has 0 aliphatic carbocycles. The summed E-state index contributed by atoms with van der Waals surface area (Å²) >= 11 is 0. The predicted molar refractivity (Wildman–Crippen MR) is 127 cm³/mol. The molecule has 0 bridgehead atoms. The van der Waals surface area contributed by atoms with Gasteiger partial charge < -0.3 is 15.5 Å². The molecule has 4 rings (SSSR count). The van der Waals surface area contributed by atoms with E-state index in [4.69, 9.17) is 4.99 Å². The lowest BCUT2D eigenvalue weighted by atomic mass is 10.1. The quantitative estimate of drug-likeness (QED) is 0.332. The average Bonchev–Trinajstić information content (AvgIpc) is 3.47. The van der Waals surface area contributed by atoms with Crippen LogP contribution >= 0.6 is 0 Å². The maximum Gasteiger partial charge on any atom is 0.191 e. The van der Waals surface area contributed by atoms with Crippen LogP contribution in [0.5, 0.6) is 0 Å². The van der Waals surface area contributed by atoms with E-state index in [2.05, 4.69) is 63.8 Å². The van der Waals surface area contributed by atoms with E-state index in [0.29, 0.717) is 0 Å². The first-order chi connectivity index (χ1) is 15.2. The van der Waals surface area contributed by atoms with Gasteiger partial charge in [0.2, 0.25) is 0 Å². The molecule has 2 N–H and O–H groups in total. The Labute approximate surface area is 184 Å². The standard InChI is InChI=1S/C24H33N7/c1-3-25-24(26-14-9-13-23-29-28-22-12-4-5-17-31(22)23)27-19(2)20-10-8-11-21(18-20)30-15-6-7-16-30/h4-5,8,10-12,17-19H,3,6-7,9,13-16H2,1-2H3,(H2,25,26,27). The second kappa shape index (κ2) is 10.3. The van der Waals surface area contributed by atoms with Crippen LogP contribution in [0.2, 0.25) is 0 Å². The van der Waals surface area contributed by atoms with Crippen LogP contribution in [0, 0.1) is 0 Å². The van der Waals surface area contributed by atoms with Gasteiger partial charge in [-0.1, -0.05) is 18.2 Å². The molecule has 1 atom stereocenters. The van der Waals surface area contributed by atoms with Crippen LogP contribution in [0.25, 0.3) is 5.65 Å². The summed E-state index contributed by atoms with van der Waals surface area (Å²) < 4.78 is 2.04. The fourth-order valence-corrected chi connectivity index (χ4v) is 4.06. The summed E-state index contributed by atoms with van der Waals surface area (Å²) in [6.45, 7) is 8.18. The number of guanidine groups is 1. The highest BCUT2D eigenvalue weighted by Crippen LogP contribution is 2.23. The minimum Gasteiger partial charge on any atom is -0.372 e. The van der Waals surface area contributed by atoms with Gasteiger partial charge in [0.05, 0.1) is 6.04 Å². The Morgan fingerprint density at radius 2 is 2.00 bits per heavy atom. The molecular weight excluding hydrogens is 386 g/mol. The second-order valence-electron chi connectivity index (χ2n) is 8.06. The zero-order chi connectivity index (χ0) is 21.5. The zero-order valence-electron chi connectivity index (χ0n) is 18.6. The predicted octanol–water partition coefficient (Wildman–Crippen LogP) is 3.58. The Kier molecular flexibility index (Phi) is 7.02. The van der Waals surface area contributed by atoms with Crippen LogP contribution in [0.1, 0.15) is 50.5 Å². The third kappa shape index (κ3) is 5.34. The molecule has 164 valence electrons. The first kappa shape index (κ1) is 21.2. The van der Waals surface area contributed by atoms with Gasteiger partial charge in [0.15, 0.2) is 11.6 Å². The number of aryl methyl sites for hydroxylation is 1. The van der Waals surface area contributed by atoms with Crippen molar-refractivity contribution < 1.29 is 0 Å². The number of nitrogens with zero attached hydrogens (tertiary/aromatic N) is 5. The van der Waals surface area contributed by atoms with Crippen molar-refractivity contribution in [1.29, 1.82) is 0 Å². The van der Waals surface area contributed by atoms with Crippen molar-refractivity contribution in [1.82, 2.24) is 25.2 Å². The first-order valence-electron chi connectivity index (χ1n) is 11.4. The van der Waals surface area contributed by atoms with Crippen molar-refractivity contribution in [2.24, 2.45) is 4.99 Å². The molecule has 3 aromatic rings. The van der Waals surface area contributed by atoms with E-state index in [1.807, 2.05) is 28.8 Å². The van der Waals surface area contributed by atoms with E-state index in [1.54, 1.807) is 0 Å². The highest BCUT2D eigenvalue weighted by atomic mass is 15.2. The molecule has 1 aromatic carbocycles. The molecule has 0 saturated carbocycles. The first-order valence-corrected chi connectivity index (χ1v) is 11.4. The van der Waals surface area contributed by atoms with Crippen molar-refractivity contribution in [3.8, 4) is 0 Å². The number of benzene rings is 1. The van der Waals surface area contributed by atoms with Gasteiger partial charge in [-0.2, -0.15) is 0 Å². The maximum atomic E-state index is 4.78. The summed E-state index contributed by atoms with van der Waals surface area (Å²) in [4.78, 5) is 7.26. The molecule has 0 spiro atoms. The number of hydrogen-bond donors (Lipinski definition) is 2. The molecule has 1 saturated heterocycles. The monoisotopic (exact) mass is 419 g/mol. The van der Waals surface area contributed by atoms with Crippen LogP contribution in [-0.4, -0.2) is 46.7 Å². The molecule has 1 aliphatic heterocycles. The third-order valence-corrected chi connectivity index (χ3v) is 5.75. The number of pyridine rings is 1. The lowest BCUT2D eigenvalue weighted by molar-refractivity contribution is 0.680. The number of rotatable bonds is 8. The Bertz CT molecular complexity index is 1000.